The van der Waals surface area contributed by atoms with Gasteiger partial charge in [-0.15, -0.1) is 11.3 Å². The first kappa shape index (κ1) is 16.8. The van der Waals surface area contributed by atoms with E-state index in [1.165, 1.54) is 23.9 Å². The van der Waals surface area contributed by atoms with Gasteiger partial charge in [0.25, 0.3) is 5.56 Å². The van der Waals surface area contributed by atoms with Gasteiger partial charge in [0.1, 0.15) is 16.9 Å². The van der Waals surface area contributed by atoms with Crippen LogP contribution >= 0.6 is 11.3 Å². The van der Waals surface area contributed by atoms with Crippen LogP contribution < -0.4 is 10.3 Å². The molecule has 0 bridgehead atoms. The van der Waals surface area contributed by atoms with E-state index in [4.69, 9.17) is 9.84 Å². The molecule has 2 aromatic heterocycles. The van der Waals surface area contributed by atoms with Crippen molar-refractivity contribution in [3.05, 3.63) is 57.0 Å². The quantitative estimate of drug-likeness (QED) is 0.708. The highest BCUT2D eigenvalue weighted by atomic mass is 32.1. The van der Waals surface area contributed by atoms with Crippen LogP contribution in [0.5, 0.6) is 5.75 Å². The summed E-state index contributed by atoms with van der Waals surface area (Å²) in [7, 11) is 0. The Morgan fingerprint density at radius 2 is 2.16 bits per heavy atom. The summed E-state index contributed by atoms with van der Waals surface area (Å²) in [5.41, 5.74) is 1.23. The zero-order valence-electron chi connectivity index (χ0n) is 13.6. The number of carbonyl (C=O) groups is 1. The summed E-state index contributed by atoms with van der Waals surface area (Å²) in [4.78, 5) is 29.3. The van der Waals surface area contributed by atoms with Gasteiger partial charge in [-0.3, -0.25) is 4.79 Å². The van der Waals surface area contributed by atoms with E-state index in [0.29, 0.717) is 21.5 Å². The Balaban J connectivity index is 1.97. The molecule has 1 N–H and O–H groups in total. The largest absolute Gasteiger partial charge is 0.481 e. The van der Waals surface area contributed by atoms with Crippen molar-refractivity contribution >= 4 is 33.7 Å². The van der Waals surface area contributed by atoms with E-state index in [1.54, 1.807) is 24.3 Å². The molecule has 0 spiro atoms. The average Bonchev–Trinajstić information content (AvgIpc) is 2.88. The van der Waals surface area contributed by atoms with Crippen molar-refractivity contribution in [1.29, 1.82) is 0 Å². The molecule has 128 valence electrons. The van der Waals surface area contributed by atoms with Crippen molar-refractivity contribution in [1.82, 2.24) is 9.66 Å². The number of hydrogen-bond acceptors (Lipinski definition) is 6. The summed E-state index contributed by atoms with van der Waals surface area (Å²) in [6.07, 6.45) is 2.82. The van der Waals surface area contributed by atoms with Gasteiger partial charge in [-0.1, -0.05) is 12.1 Å². The molecule has 0 atom stereocenters. The predicted molar refractivity (Wildman–Crippen MR) is 95.9 cm³/mol. The molecule has 2 heterocycles. The van der Waals surface area contributed by atoms with Crippen LogP contribution in [0.3, 0.4) is 0 Å². The molecule has 8 heteroatoms. The third-order valence-corrected chi connectivity index (χ3v) is 4.78. The number of carboxylic acids is 1. The van der Waals surface area contributed by atoms with E-state index in [0.717, 1.165) is 15.1 Å². The lowest BCUT2D eigenvalue weighted by molar-refractivity contribution is -0.139. The third-order valence-electron chi connectivity index (χ3n) is 3.66. The number of ether oxygens (including phenoxy) is 1. The number of hydrogen-bond donors (Lipinski definition) is 1. The molecule has 7 nitrogen and oxygen atoms in total. The van der Waals surface area contributed by atoms with Crippen molar-refractivity contribution in [2.45, 2.75) is 13.8 Å². The third kappa shape index (κ3) is 3.43. The fourth-order valence-electron chi connectivity index (χ4n) is 2.29. The standard InChI is InChI=1S/C17H15N3O4S/c1-10-11(2)25-16-15(10)17(23)20(9-18-16)19-7-12-5-3-4-6-13(12)24-8-14(21)22/h3-7,9H,8H2,1-2H3,(H,21,22). The highest BCUT2D eigenvalue weighted by molar-refractivity contribution is 7.18. The average molecular weight is 357 g/mol. The van der Waals surface area contributed by atoms with E-state index >= 15 is 0 Å². The van der Waals surface area contributed by atoms with Crippen molar-refractivity contribution in [3.8, 4) is 5.75 Å². The fourth-order valence-corrected chi connectivity index (χ4v) is 3.28. The highest BCUT2D eigenvalue weighted by Gasteiger charge is 2.11. The van der Waals surface area contributed by atoms with E-state index in [-0.39, 0.29) is 5.56 Å². The maximum atomic E-state index is 12.6. The van der Waals surface area contributed by atoms with Gasteiger partial charge in [0.2, 0.25) is 0 Å². The fraction of sp³-hybridized carbons (Fsp3) is 0.176. The Morgan fingerprint density at radius 1 is 1.40 bits per heavy atom. The van der Waals surface area contributed by atoms with E-state index in [9.17, 15) is 9.59 Å². The Morgan fingerprint density at radius 3 is 2.92 bits per heavy atom. The summed E-state index contributed by atoms with van der Waals surface area (Å²) in [6.45, 7) is 3.39. The zero-order chi connectivity index (χ0) is 18.0. The van der Waals surface area contributed by atoms with Gasteiger partial charge >= 0.3 is 5.97 Å². The molecule has 3 rings (SSSR count). The maximum absolute atomic E-state index is 12.6. The second-order valence-corrected chi connectivity index (χ2v) is 6.53. The summed E-state index contributed by atoms with van der Waals surface area (Å²) in [5, 5.41) is 13.5. The zero-order valence-corrected chi connectivity index (χ0v) is 14.4. The van der Waals surface area contributed by atoms with Gasteiger partial charge in [0.15, 0.2) is 6.61 Å². The number of thiophene rings is 1. The number of aliphatic carboxylic acids is 1. The summed E-state index contributed by atoms with van der Waals surface area (Å²) >= 11 is 1.48. The van der Waals surface area contributed by atoms with Crippen molar-refractivity contribution in [2.24, 2.45) is 5.10 Å². The minimum absolute atomic E-state index is 0.243. The molecule has 1 aromatic carbocycles. The molecule has 0 amide bonds. The number of rotatable bonds is 5. The lowest BCUT2D eigenvalue weighted by Gasteiger charge is -2.06. The molecule has 0 radical (unpaired) electrons. The first-order chi connectivity index (χ1) is 12.0. The van der Waals surface area contributed by atoms with Crippen LogP contribution in [0.15, 0.2) is 40.5 Å². The van der Waals surface area contributed by atoms with E-state index in [2.05, 4.69) is 10.1 Å². The van der Waals surface area contributed by atoms with Crippen LogP contribution in [0.4, 0.5) is 0 Å². The molecular weight excluding hydrogens is 342 g/mol. The van der Waals surface area contributed by atoms with Crippen molar-refractivity contribution < 1.29 is 14.6 Å². The molecule has 0 fully saturated rings. The minimum atomic E-state index is -1.07. The number of para-hydroxylation sites is 1. The van der Waals surface area contributed by atoms with Gasteiger partial charge in [0.05, 0.1) is 11.6 Å². The minimum Gasteiger partial charge on any atom is -0.481 e. The Kier molecular flexibility index (Phi) is 4.62. The lowest BCUT2D eigenvalue weighted by Crippen LogP contribution is -2.17. The highest BCUT2D eigenvalue weighted by Crippen LogP contribution is 2.25. The van der Waals surface area contributed by atoms with Crippen LogP contribution in [0.1, 0.15) is 16.0 Å². The summed E-state index contributed by atoms with van der Waals surface area (Å²) in [6, 6.07) is 6.86. The van der Waals surface area contributed by atoms with E-state index < -0.39 is 12.6 Å². The van der Waals surface area contributed by atoms with Crippen LogP contribution in [-0.4, -0.2) is 33.6 Å². The molecule has 3 aromatic rings. The molecule has 0 unspecified atom stereocenters. The van der Waals surface area contributed by atoms with Gasteiger partial charge < -0.3 is 9.84 Å². The Bertz CT molecular complexity index is 1040. The molecule has 0 saturated carbocycles. The van der Waals surface area contributed by atoms with Crippen LogP contribution in [0.2, 0.25) is 0 Å². The number of nitrogens with zero attached hydrogens (tertiary/aromatic N) is 3. The van der Waals surface area contributed by atoms with Gasteiger partial charge in [-0.2, -0.15) is 9.78 Å². The van der Waals surface area contributed by atoms with Crippen molar-refractivity contribution in [3.63, 3.8) is 0 Å². The number of aryl methyl sites for hydroxylation is 2. The SMILES string of the molecule is Cc1sc2ncn(N=Cc3ccccc3OCC(=O)O)c(=O)c2c1C. The molecule has 25 heavy (non-hydrogen) atoms. The molecular formula is C17H15N3O4S. The van der Waals surface area contributed by atoms with Gasteiger partial charge in [-0.25, -0.2) is 9.78 Å². The smallest absolute Gasteiger partial charge is 0.341 e. The second kappa shape index (κ2) is 6.86. The van der Waals surface area contributed by atoms with Gasteiger partial charge in [-0.05, 0) is 31.5 Å². The Labute approximate surface area is 146 Å². The molecule has 0 aliphatic rings. The van der Waals surface area contributed by atoms with E-state index in [1.807, 2.05) is 13.8 Å². The summed E-state index contributed by atoms with van der Waals surface area (Å²) in [5.74, 6) is -0.695. The van der Waals surface area contributed by atoms with Crippen LogP contribution in [0, 0.1) is 13.8 Å². The van der Waals surface area contributed by atoms with Crippen LogP contribution in [-0.2, 0) is 4.79 Å². The number of aromatic nitrogens is 2. The second-order valence-electron chi connectivity index (χ2n) is 5.32. The van der Waals surface area contributed by atoms with Gasteiger partial charge in [0, 0.05) is 10.4 Å². The van der Waals surface area contributed by atoms with Crippen LogP contribution in [0.25, 0.3) is 10.2 Å². The monoisotopic (exact) mass is 357 g/mol. The maximum Gasteiger partial charge on any atom is 0.341 e. The molecule has 0 saturated heterocycles. The first-order valence-corrected chi connectivity index (χ1v) is 8.24. The number of fused-ring (bicyclic) bond motifs is 1. The Hall–Kier alpha value is -3.00. The summed E-state index contributed by atoms with van der Waals surface area (Å²) < 4.78 is 6.38. The van der Waals surface area contributed by atoms with Crippen molar-refractivity contribution in [2.75, 3.05) is 6.61 Å². The number of carboxylic acid groups (broad SMARTS) is 1. The first-order valence-electron chi connectivity index (χ1n) is 7.42. The lowest BCUT2D eigenvalue weighted by atomic mass is 10.2. The molecule has 0 aliphatic heterocycles. The normalized spacial score (nSPS) is 11.3. The predicted octanol–water partition coefficient (Wildman–Crippen LogP) is 2.42. The topological polar surface area (TPSA) is 93.8 Å². The number of benzene rings is 1. The molecule has 0 aliphatic carbocycles.